The summed E-state index contributed by atoms with van der Waals surface area (Å²) in [5.41, 5.74) is 11.1. The third-order valence-corrected chi connectivity index (χ3v) is 1.76. The van der Waals surface area contributed by atoms with Crippen molar-refractivity contribution >= 4 is 5.82 Å². The van der Waals surface area contributed by atoms with Crippen LogP contribution in [0, 0.1) is 6.92 Å². The molecule has 0 saturated carbocycles. The summed E-state index contributed by atoms with van der Waals surface area (Å²) in [6.07, 6.45) is -4.75. The average molecular weight is 221 g/mol. The molecule has 1 aromatic heterocycles. The molecule has 15 heavy (non-hydrogen) atoms. The highest BCUT2D eigenvalue weighted by molar-refractivity contribution is 5.45. The zero-order chi connectivity index (χ0) is 11.6. The number of hydrogen-bond donors (Lipinski definition) is 2. The van der Waals surface area contributed by atoms with Crippen LogP contribution in [0.2, 0.25) is 0 Å². The second kappa shape index (κ2) is 3.93. The fourth-order valence-corrected chi connectivity index (χ4v) is 1.09. The van der Waals surface area contributed by atoms with Crippen LogP contribution >= 0.6 is 0 Å². The molecule has 0 aliphatic rings. The third-order valence-electron chi connectivity index (χ3n) is 1.76. The number of nitrogen functional groups attached to an aromatic ring is 1. The second-order valence-corrected chi connectivity index (χ2v) is 2.87. The fraction of sp³-hybridized carbons (Fsp3) is 0.375. The number of nitrogens with two attached hydrogens (primary N) is 2. The van der Waals surface area contributed by atoms with Gasteiger partial charge in [0.1, 0.15) is 11.6 Å². The first-order valence-electron chi connectivity index (χ1n) is 4.05. The molecular formula is C8H10F3N3O. The molecule has 4 nitrogen and oxygen atoms in total. The number of nitrogens with zero attached hydrogens (tertiary/aromatic N) is 1. The minimum atomic E-state index is -4.75. The van der Waals surface area contributed by atoms with Crippen molar-refractivity contribution in [2.45, 2.75) is 19.8 Å². The summed E-state index contributed by atoms with van der Waals surface area (Å²) < 4.78 is 39.7. The van der Waals surface area contributed by atoms with Crippen LogP contribution in [-0.2, 0) is 6.54 Å². The predicted molar refractivity (Wildman–Crippen MR) is 48.0 cm³/mol. The summed E-state index contributed by atoms with van der Waals surface area (Å²) in [5.74, 6) is -0.421. The molecule has 1 heterocycles. The highest BCUT2D eigenvalue weighted by Gasteiger charge is 2.32. The molecule has 0 atom stereocenters. The molecule has 84 valence electrons. The lowest BCUT2D eigenvalue weighted by atomic mass is 10.2. The first-order chi connectivity index (χ1) is 6.83. The monoisotopic (exact) mass is 221 g/mol. The van der Waals surface area contributed by atoms with Gasteiger partial charge in [0.05, 0.1) is 5.69 Å². The van der Waals surface area contributed by atoms with Crippen LogP contribution < -0.4 is 16.2 Å². The van der Waals surface area contributed by atoms with Crippen LogP contribution in [0.3, 0.4) is 0 Å². The Morgan fingerprint density at radius 1 is 1.47 bits per heavy atom. The number of alkyl halides is 3. The van der Waals surface area contributed by atoms with Gasteiger partial charge in [0.15, 0.2) is 0 Å². The summed E-state index contributed by atoms with van der Waals surface area (Å²) in [7, 11) is 0. The van der Waals surface area contributed by atoms with Crippen LogP contribution in [0.25, 0.3) is 0 Å². The maximum absolute atomic E-state index is 12.0. The van der Waals surface area contributed by atoms with E-state index in [0.717, 1.165) is 6.07 Å². The second-order valence-electron chi connectivity index (χ2n) is 2.87. The molecule has 7 heteroatoms. The molecule has 1 aromatic rings. The van der Waals surface area contributed by atoms with Crippen LogP contribution in [0.15, 0.2) is 6.07 Å². The van der Waals surface area contributed by atoms with Gasteiger partial charge in [0.2, 0.25) is 0 Å². The number of ether oxygens (including phenoxy) is 1. The maximum Gasteiger partial charge on any atom is 0.573 e. The smallest absolute Gasteiger partial charge is 0.405 e. The van der Waals surface area contributed by atoms with Crippen molar-refractivity contribution in [3.05, 3.63) is 17.3 Å². The van der Waals surface area contributed by atoms with Gasteiger partial charge in [0.25, 0.3) is 0 Å². The Kier molecular flexibility index (Phi) is 3.04. The standard InChI is InChI=1S/C8H10F3N3O/c1-4-5(3-12)14-7(13)2-6(4)15-8(9,10)11/h2H,3,12H2,1H3,(H2,13,14). The molecule has 0 bridgehead atoms. The molecule has 0 spiro atoms. The molecule has 0 saturated heterocycles. The normalized spacial score (nSPS) is 11.5. The first-order valence-corrected chi connectivity index (χ1v) is 4.05. The predicted octanol–water partition coefficient (Wildman–Crippen LogP) is 1.33. The number of rotatable bonds is 2. The molecular weight excluding hydrogens is 211 g/mol. The summed E-state index contributed by atoms with van der Waals surface area (Å²) in [6.45, 7) is 1.45. The molecule has 0 aliphatic carbocycles. The van der Waals surface area contributed by atoms with E-state index in [-0.39, 0.29) is 29.4 Å². The maximum atomic E-state index is 12.0. The lowest BCUT2D eigenvalue weighted by molar-refractivity contribution is -0.274. The number of pyridine rings is 1. The Balaban J connectivity index is 3.12. The van der Waals surface area contributed by atoms with Crippen LogP contribution in [0.4, 0.5) is 19.0 Å². The van der Waals surface area contributed by atoms with E-state index in [1.807, 2.05) is 0 Å². The molecule has 0 amide bonds. The van der Waals surface area contributed by atoms with E-state index in [4.69, 9.17) is 11.5 Å². The molecule has 0 aromatic carbocycles. The van der Waals surface area contributed by atoms with E-state index in [2.05, 4.69) is 9.72 Å². The summed E-state index contributed by atoms with van der Waals surface area (Å²) in [5, 5.41) is 0. The molecule has 1 rings (SSSR count). The molecule has 0 fully saturated rings. The van der Waals surface area contributed by atoms with Gasteiger partial charge in [-0.3, -0.25) is 0 Å². The minimum absolute atomic E-state index is 0.00505. The fourth-order valence-electron chi connectivity index (χ4n) is 1.09. The number of halogens is 3. The Morgan fingerprint density at radius 2 is 2.07 bits per heavy atom. The van der Waals surface area contributed by atoms with Gasteiger partial charge < -0.3 is 16.2 Å². The third kappa shape index (κ3) is 2.98. The van der Waals surface area contributed by atoms with Gasteiger partial charge in [0, 0.05) is 18.2 Å². The van der Waals surface area contributed by atoms with E-state index < -0.39 is 6.36 Å². The van der Waals surface area contributed by atoms with Gasteiger partial charge in [-0.05, 0) is 6.92 Å². The van der Waals surface area contributed by atoms with Crippen LogP contribution in [-0.4, -0.2) is 11.3 Å². The summed E-state index contributed by atoms with van der Waals surface area (Å²) in [4.78, 5) is 3.79. The largest absolute Gasteiger partial charge is 0.573 e. The van der Waals surface area contributed by atoms with E-state index in [0.29, 0.717) is 0 Å². The van der Waals surface area contributed by atoms with Gasteiger partial charge in [-0.2, -0.15) is 0 Å². The minimum Gasteiger partial charge on any atom is -0.405 e. The van der Waals surface area contributed by atoms with E-state index in [1.54, 1.807) is 0 Å². The average Bonchev–Trinajstić information content (AvgIpc) is 2.08. The summed E-state index contributed by atoms with van der Waals surface area (Å²) >= 11 is 0. The van der Waals surface area contributed by atoms with Crippen molar-refractivity contribution in [3.63, 3.8) is 0 Å². The van der Waals surface area contributed by atoms with Crippen molar-refractivity contribution in [2.24, 2.45) is 5.73 Å². The zero-order valence-corrected chi connectivity index (χ0v) is 7.93. The highest BCUT2D eigenvalue weighted by atomic mass is 19.4. The van der Waals surface area contributed by atoms with Gasteiger partial charge >= 0.3 is 6.36 Å². The van der Waals surface area contributed by atoms with E-state index in [1.165, 1.54) is 6.92 Å². The molecule has 0 radical (unpaired) electrons. The van der Waals surface area contributed by atoms with Crippen molar-refractivity contribution in [1.82, 2.24) is 4.98 Å². The van der Waals surface area contributed by atoms with Crippen molar-refractivity contribution in [3.8, 4) is 5.75 Å². The van der Waals surface area contributed by atoms with E-state index >= 15 is 0 Å². The van der Waals surface area contributed by atoms with Crippen molar-refractivity contribution in [2.75, 3.05) is 5.73 Å². The lowest BCUT2D eigenvalue weighted by Gasteiger charge is -2.13. The zero-order valence-electron chi connectivity index (χ0n) is 7.93. The Bertz CT molecular complexity index is 365. The molecule has 4 N–H and O–H groups in total. The molecule has 0 aliphatic heterocycles. The lowest BCUT2D eigenvalue weighted by Crippen LogP contribution is -2.19. The molecule has 0 unspecified atom stereocenters. The van der Waals surface area contributed by atoms with Gasteiger partial charge in [-0.1, -0.05) is 0 Å². The number of hydrogen-bond acceptors (Lipinski definition) is 4. The quantitative estimate of drug-likeness (QED) is 0.790. The SMILES string of the molecule is Cc1c(OC(F)(F)F)cc(N)nc1CN. The number of anilines is 1. The Morgan fingerprint density at radius 3 is 2.53 bits per heavy atom. The Hall–Kier alpha value is -1.50. The first kappa shape index (κ1) is 11.6. The van der Waals surface area contributed by atoms with E-state index in [9.17, 15) is 13.2 Å². The highest BCUT2D eigenvalue weighted by Crippen LogP contribution is 2.28. The van der Waals surface area contributed by atoms with Crippen molar-refractivity contribution in [1.29, 1.82) is 0 Å². The van der Waals surface area contributed by atoms with Crippen molar-refractivity contribution < 1.29 is 17.9 Å². The number of aromatic nitrogens is 1. The van der Waals surface area contributed by atoms with Gasteiger partial charge in [-0.15, -0.1) is 13.2 Å². The Labute approximate surface area is 84.0 Å². The topological polar surface area (TPSA) is 74.2 Å². The summed E-state index contributed by atoms with van der Waals surface area (Å²) in [6, 6.07) is 1.02. The van der Waals surface area contributed by atoms with Crippen LogP contribution in [0.5, 0.6) is 5.75 Å². The van der Waals surface area contributed by atoms with Crippen LogP contribution in [0.1, 0.15) is 11.3 Å². The van der Waals surface area contributed by atoms with Gasteiger partial charge in [-0.25, -0.2) is 4.98 Å².